The highest BCUT2D eigenvalue weighted by molar-refractivity contribution is 6.74. The summed E-state index contributed by atoms with van der Waals surface area (Å²) in [6.07, 6.45) is 44.8. The van der Waals surface area contributed by atoms with E-state index < -0.39 is 8.32 Å². The van der Waals surface area contributed by atoms with E-state index >= 15 is 0 Å². The highest BCUT2D eigenvalue weighted by Gasteiger charge is 2.32. The summed E-state index contributed by atoms with van der Waals surface area (Å²) >= 11 is 0. The Bertz CT molecular complexity index is 580. The Hall–Kier alpha value is -0.573. The molecule has 0 heterocycles. The van der Waals surface area contributed by atoms with E-state index in [1.807, 2.05) is 0 Å². The maximum absolute atomic E-state index is 12.4. The van der Waals surface area contributed by atoms with Gasteiger partial charge in [-0.2, -0.15) is 0 Å². The van der Waals surface area contributed by atoms with Crippen LogP contribution in [0.25, 0.3) is 0 Å². The van der Waals surface area contributed by atoms with E-state index in [2.05, 4.69) is 27.0 Å². The summed E-state index contributed by atoms with van der Waals surface area (Å²) in [6.45, 7) is 12.5. The molecule has 0 rings (SSSR count). The molecular formula is C41H82O2Si. The number of hydrogen-bond donors (Lipinski definition) is 0. The topological polar surface area (TPSA) is 26.3 Å². The van der Waals surface area contributed by atoms with Gasteiger partial charge < -0.3 is 4.43 Å². The van der Waals surface area contributed by atoms with Crippen molar-refractivity contribution in [1.82, 2.24) is 0 Å². The molecule has 262 valence electrons. The van der Waals surface area contributed by atoms with Crippen LogP contribution in [0.3, 0.4) is 0 Å². The van der Waals surface area contributed by atoms with Crippen LogP contribution in [-0.4, -0.2) is 14.3 Å². The highest BCUT2D eigenvalue weighted by Crippen LogP contribution is 2.26. The van der Waals surface area contributed by atoms with Crippen LogP contribution in [-0.2, 0) is 9.22 Å². The van der Waals surface area contributed by atoms with Crippen LogP contribution in [0.1, 0.15) is 226 Å². The molecule has 0 bridgehead atoms. The summed E-state index contributed by atoms with van der Waals surface area (Å²) in [5, 5.41) is 0. The van der Waals surface area contributed by atoms with E-state index in [4.69, 9.17) is 4.43 Å². The quantitative estimate of drug-likeness (QED) is 0.0389. The highest BCUT2D eigenvalue weighted by atomic mass is 28.4. The van der Waals surface area contributed by atoms with Crippen molar-refractivity contribution in [3.8, 4) is 0 Å². The largest absolute Gasteiger partial charge is 0.516 e. The Morgan fingerprint density at radius 2 is 0.636 bits per heavy atom. The fourth-order valence-electron chi connectivity index (χ4n) is 6.63. The van der Waals surface area contributed by atoms with Crippen LogP contribution < -0.4 is 0 Å². The summed E-state index contributed by atoms with van der Waals surface area (Å²) in [5.74, 6) is -0.146. The monoisotopic (exact) mass is 635 g/mol. The SMILES string of the molecule is C=C(C)C(=O)O[Si](C)(CCCCCCCCCCCCCCCCCC)CCCCCCCCCCCCCCCCCC. The average molecular weight is 635 g/mol. The Kier molecular flexibility index (Phi) is 33.3. The van der Waals surface area contributed by atoms with Gasteiger partial charge in [0.05, 0.1) is 0 Å². The molecule has 0 radical (unpaired) electrons. The predicted octanol–water partition coefficient (Wildman–Crippen LogP) is 15.2. The van der Waals surface area contributed by atoms with Crippen molar-refractivity contribution in [2.75, 3.05) is 0 Å². The van der Waals surface area contributed by atoms with E-state index in [9.17, 15) is 4.79 Å². The molecule has 0 unspecified atom stereocenters. The molecule has 0 fully saturated rings. The molecule has 0 N–H and O–H groups in total. The fraction of sp³-hybridized carbons (Fsp3) is 0.927. The van der Waals surface area contributed by atoms with Gasteiger partial charge in [-0.05, 0) is 25.6 Å². The van der Waals surface area contributed by atoms with Crippen molar-refractivity contribution < 1.29 is 9.22 Å². The third-order valence-electron chi connectivity index (χ3n) is 9.81. The van der Waals surface area contributed by atoms with E-state index in [1.54, 1.807) is 6.92 Å². The molecule has 0 aromatic rings. The van der Waals surface area contributed by atoms with Crippen molar-refractivity contribution in [1.29, 1.82) is 0 Å². The molecule has 0 aromatic carbocycles. The second kappa shape index (κ2) is 33.8. The van der Waals surface area contributed by atoms with Crippen molar-refractivity contribution >= 4 is 14.3 Å². The van der Waals surface area contributed by atoms with Crippen LogP contribution in [0.4, 0.5) is 0 Å². The second-order valence-electron chi connectivity index (χ2n) is 14.7. The maximum atomic E-state index is 12.4. The number of rotatable bonds is 36. The van der Waals surface area contributed by atoms with E-state index in [0.29, 0.717) is 5.57 Å². The first kappa shape index (κ1) is 43.4. The van der Waals surface area contributed by atoms with Gasteiger partial charge >= 0.3 is 5.97 Å². The van der Waals surface area contributed by atoms with Gasteiger partial charge in [-0.3, -0.25) is 0 Å². The number of carbonyl (C=O) groups is 1. The standard InChI is InChI=1S/C41H82O2Si/c1-6-8-10-12-14-16-18-20-22-24-26-28-30-32-34-36-38-44(5,43-41(42)40(3)4)39-37-35-33-31-29-27-25-23-21-19-17-15-13-11-9-7-2/h3,6-39H2,1-2,4-5H3. The third-order valence-corrected chi connectivity index (χ3v) is 13.3. The van der Waals surface area contributed by atoms with Gasteiger partial charge in [-0.25, -0.2) is 4.79 Å². The first-order valence-electron chi connectivity index (χ1n) is 20.3. The number of unbranched alkanes of at least 4 members (excludes halogenated alkanes) is 30. The van der Waals surface area contributed by atoms with Crippen LogP contribution in [0.2, 0.25) is 18.6 Å². The summed E-state index contributed by atoms with van der Waals surface area (Å²) in [6, 6.07) is 2.26. The van der Waals surface area contributed by atoms with E-state index in [0.717, 1.165) is 12.1 Å². The van der Waals surface area contributed by atoms with Crippen LogP contribution in [0.5, 0.6) is 0 Å². The maximum Gasteiger partial charge on any atom is 0.319 e. The minimum atomic E-state index is -2.00. The Morgan fingerprint density at radius 1 is 0.432 bits per heavy atom. The van der Waals surface area contributed by atoms with Gasteiger partial charge in [0, 0.05) is 5.57 Å². The predicted molar refractivity (Wildman–Crippen MR) is 201 cm³/mol. The molecule has 0 aliphatic rings. The van der Waals surface area contributed by atoms with E-state index in [1.165, 1.54) is 205 Å². The number of hydrogen-bond acceptors (Lipinski definition) is 2. The normalized spacial score (nSPS) is 11.7. The molecule has 0 aliphatic heterocycles. The molecule has 3 heteroatoms. The minimum absolute atomic E-state index is 0.146. The molecule has 0 aliphatic carbocycles. The molecule has 0 spiro atoms. The van der Waals surface area contributed by atoms with Gasteiger partial charge in [-0.1, -0.05) is 226 Å². The van der Waals surface area contributed by atoms with Gasteiger partial charge in [0.25, 0.3) is 8.32 Å². The summed E-state index contributed by atoms with van der Waals surface area (Å²) in [4.78, 5) is 12.4. The van der Waals surface area contributed by atoms with E-state index in [-0.39, 0.29) is 5.97 Å². The van der Waals surface area contributed by atoms with Crippen molar-refractivity contribution in [3.63, 3.8) is 0 Å². The lowest BCUT2D eigenvalue weighted by molar-refractivity contribution is -0.130. The third kappa shape index (κ3) is 31.4. The van der Waals surface area contributed by atoms with Crippen LogP contribution in [0, 0.1) is 0 Å². The first-order chi connectivity index (χ1) is 21.4. The fourth-order valence-corrected chi connectivity index (χ4v) is 9.70. The van der Waals surface area contributed by atoms with Crippen LogP contribution in [0.15, 0.2) is 12.2 Å². The second-order valence-corrected chi connectivity index (χ2v) is 18.8. The molecule has 0 atom stereocenters. The van der Waals surface area contributed by atoms with Gasteiger partial charge in [0.2, 0.25) is 0 Å². The lowest BCUT2D eigenvalue weighted by atomic mass is 10.0. The zero-order valence-electron chi connectivity index (χ0n) is 31.1. The lowest BCUT2D eigenvalue weighted by Crippen LogP contribution is -2.37. The van der Waals surface area contributed by atoms with Crippen molar-refractivity contribution in [2.24, 2.45) is 0 Å². The Labute approximate surface area is 279 Å². The lowest BCUT2D eigenvalue weighted by Gasteiger charge is -2.27. The molecule has 0 saturated heterocycles. The molecular weight excluding hydrogens is 553 g/mol. The van der Waals surface area contributed by atoms with Gasteiger partial charge in [0.1, 0.15) is 0 Å². The van der Waals surface area contributed by atoms with Crippen LogP contribution >= 0.6 is 0 Å². The summed E-state index contributed by atoms with van der Waals surface area (Å²) in [7, 11) is -2.00. The Balaban J connectivity index is 3.81. The Morgan fingerprint density at radius 3 is 0.841 bits per heavy atom. The minimum Gasteiger partial charge on any atom is -0.516 e. The summed E-state index contributed by atoms with van der Waals surface area (Å²) < 4.78 is 6.15. The molecule has 0 amide bonds. The number of carbonyl (C=O) groups excluding carboxylic acids is 1. The van der Waals surface area contributed by atoms with Crippen molar-refractivity contribution in [2.45, 2.75) is 245 Å². The van der Waals surface area contributed by atoms with Gasteiger partial charge in [-0.15, -0.1) is 0 Å². The molecule has 44 heavy (non-hydrogen) atoms. The molecule has 2 nitrogen and oxygen atoms in total. The zero-order valence-corrected chi connectivity index (χ0v) is 32.1. The average Bonchev–Trinajstić information content (AvgIpc) is 3.00. The van der Waals surface area contributed by atoms with Crippen molar-refractivity contribution in [3.05, 3.63) is 12.2 Å². The van der Waals surface area contributed by atoms with Gasteiger partial charge in [0.15, 0.2) is 0 Å². The molecule has 0 saturated carbocycles. The first-order valence-corrected chi connectivity index (χ1v) is 23.2. The summed E-state index contributed by atoms with van der Waals surface area (Å²) in [5.41, 5.74) is 0.558. The smallest absolute Gasteiger partial charge is 0.319 e. The zero-order chi connectivity index (χ0) is 32.4. The molecule has 0 aromatic heterocycles.